The molecule has 1 saturated heterocycles. The number of amides is 1. The third-order valence-corrected chi connectivity index (χ3v) is 7.74. The van der Waals surface area contributed by atoms with Crippen molar-refractivity contribution < 1.29 is 17.9 Å². The van der Waals surface area contributed by atoms with Crippen LogP contribution in [0.3, 0.4) is 0 Å². The van der Waals surface area contributed by atoms with E-state index in [1.54, 1.807) is 30.1 Å². The molecule has 0 saturated carbocycles. The van der Waals surface area contributed by atoms with E-state index in [1.165, 1.54) is 7.05 Å². The van der Waals surface area contributed by atoms with Gasteiger partial charge in [-0.3, -0.25) is 4.79 Å². The van der Waals surface area contributed by atoms with Gasteiger partial charge in [0.1, 0.15) is 0 Å². The Kier molecular flexibility index (Phi) is 6.97. The van der Waals surface area contributed by atoms with Gasteiger partial charge in [0.05, 0.1) is 24.7 Å². The Morgan fingerprint density at radius 1 is 0.939 bits per heavy atom. The maximum Gasteiger partial charge on any atom is 0.243 e. The Bertz CT molecular complexity index is 1220. The molecular formula is C25H29N3O4S. The Morgan fingerprint density at radius 3 is 2.30 bits per heavy atom. The van der Waals surface area contributed by atoms with Crippen molar-refractivity contribution in [3.05, 3.63) is 72.3 Å². The van der Waals surface area contributed by atoms with E-state index in [2.05, 4.69) is 17.0 Å². The molecule has 7 nitrogen and oxygen atoms in total. The summed E-state index contributed by atoms with van der Waals surface area (Å²) >= 11 is 0. The lowest BCUT2D eigenvalue weighted by Crippen LogP contribution is -2.39. The molecule has 4 rings (SSSR count). The van der Waals surface area contributed by atoms with E-state index < -0.39 is 10.0 Å². The van der Waals surface area contributed by atoms with Crippen LogP contribution in [0.2, 0.25) is 0 Å². The number of morpholine rings is 1. The zero-order valence-electron chi connectivity index (χ0n) is 19.0. The van der Waals surface area contributed by atoms with Gasteiger partial charge in [0.25, 0.3) is 0 Å². The summed E-state index contributed by atoms with van der Waals surface area (Å²) < 4.78 is 32.5. The SMILES string of the molecule is CN(Cc1ccc(N2CCOCC2)cc1)C(=O)CN(C)S(=O)(=O)c1ccc2ccccc2c1. The van der Waals surface area contributed by atoms with E-state index in [0.29, 0.717) is 6.54 Å². The first-order chi connectivity index (χ1) is 15.8. The minimum atomic E-state index is -3.78. The summed E-state index contributed by atoms with van der Waals surface area (Å²) in [6.45, 7) is 3.39. The second kappa shape index (κ2) is 9.91. The fraction of sp³-hybridized carbons (Fsp3) is 0.320. The molecule has 0 unspecified atom stereocenters. The molecule has 1 aliphatic rings. The van der Waals surface area contributed by atoms with Crippen molar-refractivity contribution >= 4 is 32.4 Å². The summed E-state index contributed by atoms with van der Waals surface area (Å²) in [5, 5.41) is 1.81. The van der Waals surface area contributed by atoms with Gasteiger partial charge in [0.15, 0.2) is 0 Å². The van der Waals surface area contributed by atoms with Crippen LogP contribution in [0.15, 0.2) is 71.6 Å². The average Bonchev–Trinajstić information content (AvgIpc) is 2.84. The number of hydrogen-bond donors (Lipinski definition) is 0. The summed E-state index contributed by atoms with van der Waals surface area (Å²) in [5.41, 5.74) is 2.13. The van der Waals surface area contributed by atoms with Gasteiger partial charge in [-0.15, -0.1) is 0 Å². The van der Waals surface area contributed by atoms with E-state index >= 15 is 0 Å². The van der Waals surface area contributed by atoms with Gasteiger partial charge in [-0.05, 0) is 40.6 Å². The average molecular weight is 468 g/mol. The zero-order chi connectivity index (χ0) is 23.4. The van der Waals surface area contributed by atoms with Crippen molar-refractivity contribution in [1.29, 1.82) is 0 Å². The lowest BCUT2D eigenvalue weighted by atomic mass is 10.1. The molecule has 33 heavy (non-hydrogen) atoms. The van der Waals surface area contributed by atoms with Crippen LogP contribution >= 0.6 is 0 Å². The smallest absolute Gasteiger partial charge is 0.243 e. The molecule has 0 N–H and O–H groups in total. The van der Waals surface area contributed by atoms with E-state index in [0.717, 1.165) is 52.6 Å². The number of nitrogens with zero attached hydrogens (tertiary/aromatic N) is 3. The van der Waals surface area contributed by atoms with Crippen LogP contribution in [-0.4, -0.2) is 70.5 Å². The molecule has 0 spiro atoms. The van der Waals surface area contributed by atoms with Crippen LogP contribution in [-0.2, 0) is 26.1 Å². The van der Waals surface area contributed by atoms with Crippen LogP contribution in [0.25, 0.3) is 10.8 Å². The molecule has 1 fully saturated rings. The van der Waals surface area contributed by atoms with Gasteiger partial charge in [-0.25, -0.2) is 8.42 Å². The Labute approximate surface area is 195 Å². The van der Waals surface area contributed by atoms with E-state index in [-0.39, 0.29) is 17.3 Å². The van der Waals surface area contributed by atoms with Crippen LogP contribution in [0.1, 0.15) is 5.56 Å². The number of sulfonamides is 1. The normalized spacial score (nSPS) is 14.6. The van der Waals surface area contributed by atoms with Crippen molar-refractivity contribution in [2.24, 2.45) is 0 Å². The molecule has 0 aromatic heterocycles. The fourth-order valence-corrected chi connectivity index (χ4v) is 5.06. The monoisotopic (exact) mass is 467 g/mol. The lowest BCUT2D eigenvalue weighted by molar-refractivity contribution is -0.130. The van der Waals surface area contributed by atoms with Crippen molar-refractivity contribution in [2.75, 3.05) is 51.8 Å². The summed E-state index contributed by atoms with van der Waals surface area (Å²) in [7, 11) is -0.653. The second-order valence-electron chi connectivity index (χ2n) is 8.29. The van der Waals surface area contributed by atoms with Crippen LogP contribution in [0.5, 0.6) is 0 Å². The Balaban J connectivity index is 1.38. The van der Waals surface area contributed by atoms with Crippen LogP contribution in [0, 0.1) is 0 Å². The molecule has 3 aromatic carbocycles. The van der Waals surface area contributed by atoms with Gasteiger partial charge in [0.2, 0.25) is 15.9 Å². The van der Waals surface area contributed by atoms with Gasteiger partial charge < -0.3 is 14.5 Å². The Morgan fingerprint density at radius 2 is 1.61 bits per heavy atom. The molecule has 3 aromatic rings. The number of likely N-dealkylation sites (N-methyl/N-ethyl adjacent to an activating group) is 2. The van der Waals surface area contributed by atoms with E-state index in [4.69, 9.17) is 4.74 Å². The van der Waals surface area contributed by atoms with Crippen LogP contribution in [0.4, 0.5) is 5.69 Å². The fourth-order valence-electron chi connectivity index (χ4n) is 3.90. The highest BCUT2D eigenvalue weighted by Crippen LogP contribution is 2.22. The number of carbonyl (C=O) groups excluding carboxylic acids is 1. The molecule has 1 heterocycles. The zero-order valence-corrected chi connectivity index (χ0v) is 19.8. The molecule has 0 bridgehead atoms. The third-order valence-electron chi connectivity index (χ3n) is 5.95. The third kappa shape index (κ3) is 5.35. The number of anilines is 1. The molecular weight excluding hydrogens is 438 g/mol. The highest BCUT2D eigenvalue weighted by atomic mass is 32.2. The van der Waals surface area contributed by atoms with E-state index in [9.17, 15) is 13.2 Å². The van der Waals surface area contributed by atoms with E-state index in [1.807, 2.05) is 36.4 Å². The molecule has 1 aliphatic heterocycles. The number of hydrogen-bond acceptors (Lipinski definition) is 5. The highest BCUT2D eigenvalue weighted by molar-refractivity contribution is 7.89. The molecule has 0 aliphatic carbocycles. The predicted octanol–water partition coefficient (Wildman–Crippen LogP) is 2.96. The topological polar surface area (TPSA) is 70.2 Å². The van der Waals surface area contributed by atoms with Crippen molar-refractivity contribution in [1.82, 2.24) is 9.21 Å². The summed E-state index contributed by atoms with van der Waals surface area (Å²) in [6, 6.07) is 20.7. The first kappa shape index (κ1) is 23.2. The highest BCUT2D eigenvalue weighted by Gasteiger charge is 2.24. The summed E-state index contributed by atoms with van der Waals surface area (Å²) in [4.78, 5) is 16.8. The number of rotatable bonds is 7. The summed E-state index contributed by atoms with van der Waals surface area (Å²) in [5.74, 6) is -0.265. The van der Waals surface area contributed by atoms with Gasteiger partial charge in [-0.1, -0.05) is 42.5 Å². The first-order valence-corrected chi connectivity index (χ1v) is 12.4. The quantitative estimate of drug-likeness (QED) is 0.534. The Hall–Kier alpha value is -2.94. The largest absolute Gasteiger partial charge is 0.378 e. The lowest BCUT2D eigenvalue weighted by Gasteiger charge is -2.29. The molecule has 0 atom stereocenters. The van der Waals surface area contributed by atoms with Gasteiger partial charge in [0, 0.05) is 39.4 Å². The number of ether oxygens (including phenoxy) is 1. The number of benzene rings is 3. The maximum absolute atomic E-state index is 13.0. The first-order valence-electron chi connectivity index (χ1n) is 11.0. The minimum absolute atomic E-state index is 0.179. The molecule has 174 valence electrons. The van der Waals surface area contributed by atoms with Crippen molar-refractivity contribution in [2.45, 2.75) is 11.4 Å². The number of carbonyl (C=O) groups is 1. The standard InChI is InChI=1S/C25H29N3O4S/c1-26(18-20-7-10-23(11-8-20)28-13-15-32-16-14-28)25(29)19-27(2)33(30,31)24-12-9-21-5-3-4-6-22(21)17-24/h3-12,17H,13-16,18-19H2,1-2H3. The predicted molar refractivity (Wildman–Crippen MR) is 130 cm³/mol. The minimum Gasteiger partial charge on any atom is -0.378 e. The van der Waals surface area contributed by atoms with Crippen molar-refractivity contribution in [3.8, 4) is 0 Å². The molecule has 8 heteroatoms. The summed E-state index contributed by atoms with van der Waals surface area (Å²) in [6.07, 6.45) is 0. The van der Waals surface area contributed by atoms with Gasteiger partial charge >= 0.3 is 0 Å². The molecule has 0 radical (unpaired) electrons. The van der Waals surface area contributed by atoms with Gasteiger partial charge in [-0.2, -0.15) is 4.31 Å². The molecule has 1 amide bonds. The van der Waals surface area contributed by atoms with Crippen LogP contribution < -0.4 is 4.90 Å². The van der Waals surface area contributed by atoms with Crippen molar-refractivity contribution in [3.63, 3.8) is 0 Å². The number of fused-ring (bicyclic) bond motifs is 1. The maximum atomic E-state index is 13.0. The second-order valence-corrected chi connectivity index (χ2v) is 10.3.